The van der Waals surface area contributed by atoms with E-state index in [-0.39, 0.29) is 13.0 Å². The van der Waals surface area contributed by atoms with E-state index in [0.29, 0.717) is 23.3 Å². The van der Waals surface area contributed by atoms with Crippen molar-refractivity contribution in [3.8, 4) is 0 Å². The SMILES string of the molecule is [2H]C([2H])([2H])N1CC(=O)OC(C)(C)CCC/C=C\CCCCC(=O)N/C1=N/C(=O)OCc1ccccc1. The summed E-state index contributed by atoms with van der Waals surface area (Å²) in [6.07, 6.45) is 7.45. The molecule has 0 saturated heterocycles. The van der Waals surface area contributed by atoms with Crippen LogP contribution >= 0.6 is 0 Å². The maximum atomic E-state index is 12.7. The predicted molar refractivity (Wildman–Crippen MR) is 126 cm³/mol. The van der Waals surface area contributed by atoms with Crippen molar-refractivity contribution in [2.24, 2.45) is 4.99 Å². The van der Waals surface area contributed by atoms with E-state index in [1.54, 1.807) is 38.1 Å². The lowest BCUT2D eigenvalue weighted by molar-refractivity contribution is -0.157. The number of nitrogens with zero attached hydrogens (tertiary/aromatic N) is 2. The molecule has 1 N–H and O–H groups in total. The number of hydrogen-bond donors (Lipinski definition) is 1. The van der Waals surface area contributed by atoms with E-state index in [0.717, 1.165) is 25.7 Å². The van der Waals surface area contributed by atoms with Gasteiger partial charge in [-0.2, -0.15) is 0 Å². The number of ether oxygens (including phenoxy) is 2. The molecule has 0 aromatic heterocycles. The van der Waals surface area contributed by atoms with Gasteiger partial charge in [0.05, 0.1) is 0 Å². The number of hydrogen-bond acceptors (Lipinski definition) is 5. The summed E-state index contributed by atoms with van der Waals surface area (Å²) < 4.78 is 34.4. The summed E-state index contributed by atoms with van der Waals surface area (Å²) in [6, 6.07) is 8.86. The maximum Gasteiger partial charge on any atom is 0.437 e. The molecule has 0 atom stereocenters. The van der Waals surface area contributed by atoms with Gasteiger partial charge in [0.25, 0.3) is 0 Å². The molecule has 0 bridgehead atoms. The van der Waals surface area contributed by atoms with E-state index < -0.39 is 43.1 Å². The molecular formula is C25H35N3O5. The Hall–Kier alpha value is -3.16. The lowest BCUT2D eigenvalue weighted by Gasteiger charge is -2.27. The number of allylic oxidation sites excluding steroid dienone is 2. The second-order valence-corrected chi connectivity index (χ2v) is 8.45. The second-order valence-electron chi connectivity index (χ2n) is 8.45. The van der Waals surface area contributed by atoms with Gasteiger partial charge < -0.3 is 14.4 Å². The van der Waals surface area contributed by atoms with Gasteiger partial charge in [0, 0.05) is 17.5 Å². The van der Waals surface area contributed by atoms with Gasteiger partial charge in [-0.1, -0.05) is 42.5 Å². The zero-order chi connectivity index (χ0) is 26.6. The van der Waals surface area contributed by atoms with E-state index in [4.69, 9.17) is 13.6 Å². The van der Waals surface area contributed by atoms with Crippen LogP contribution in [0.5, 0.6) is 0 Å². The zero-order valence-corrected chi connectivity index (χ0v) is 19.3. The first-order valence-electron chi connectivity index (χ1n) is 12.7. The van der Waals surface area contributed by atoms with Crippen LogP contribution in [0, 0.1) is 0 Å². The molecule has 0 radical (unpaired) electrons. The third kappa shape index (κ3) is 10.8. The van der Waals surface area contributed by atoms with Gasteiger partial charge in [-0.15, -0.1) is 4.99 Å². The van der Waals surface area contributed by atoms with Gasteiger partial charge in [0.15, 0.2) is 0 Å². The Morgan fingerprint density at radius 3 is 2.64 bits per heavy atom. The lowest BCUT2D eigenvalue weighted by Crippen LogP contribution is -2.46. The number of benzene rings is 1. The summed E-state index contributed by atoms with van der Waals surface area (Å²) in [5.74, 6) is -1.94. The normalized spacial score (nSPS) is 22.7. The first kappa shape index (κ1) is 21.7. The van der Waals surface area contributed by atoms with Crippen LogP contribution in [0.2, 0.25) is 0 Å². The fourth-order valence-corrected chi connectivity index (χ4v) is 3.21. The number of nitrogens with one attached hydrogen (secondary N) is 1. The van der Waals surface area contributed by atoms with E-state index in [1.165, 1.54) is 0 Å². The molecule has 1 aliphatic rings. The molecule has 1 aliphatic heterocycles. The minimum Gasteiger partial charge on any atom is -0.458 e. The van der Waals surface area contributed by atoms with Gasteiger partial charge in [0.1, 0.15) is 18.8 Å². The third-order valence-corrected chi connectivity index (χ3v) is 4.93. The first-order chi connectivity index (χ1) is 17.0. The number of carbonyl (C=O) groups excluding carboxylic acids is 3. The monoisotopic (exact) mass is 460 g/mol. The van der Waals surface area contributed by atoms with E-state index in [9.17, 15) is 14.4 Å². The summed E-state index contributed by atoms with van der Waals surface area (Å²) in [4.78, 5) is 42.0. The van der Waals surface area contributed by atoms with Crippen molar-refractivity contribution < 1.29 is 28.0 Å². The van der Waals surface area contributed by atoms with Crippen molar-refractivity contribution in [3.05, 3.63) is 48.0 Å². The van der Waals surface area contributed by atoms with Gasteiger partial charge in [0.2, 0.25) is 11.9 Å². The standard InChI is InChI=1S/C25H35N3O5/c1-25(2)17-13-8-6-4-5-7-12-16-21(29)26-23(28(3)18-22(30)33-25)27-24(31)32-19-20-14-10-9-11-15-20/h4,6,9-11,14-15H,5,7-8,12-13,16-19H2,1-3H3,(H,26,27,29,31)/b6-4-/i3D3. The van der Waals surface area contributed by atoms with Crippen LogP contribution in [0.1, 0.15) is 68.5 Å². The fourth-order valence-electron chi connectivity index (χ4n) is 3.21. The average molecular weight is 461 g/mol. The molecular weight excluding hydrogens is 422 g/mol. The minimum absolute atomic E-state index is 0.0953. The van der Waals surface area contributed by atoms with Crippen molar-refractivity contribution in [2.75, 3.05) is 13.5 Å². The van der Waals surface area contributed by atoms with Crippen molar-refractivity contribution in [1.29, 1.82) is 0 Å². The number of carbonyl (C=O) groups is 3. The summed E-state index contributed by atoms with van der Waals surface area (Å²) in [6.45, 7) is -0.241. The van der Waals surface area contributed by atoms with E-state index >= 15 is 0 Å². The Morgan fingerprint density at radius 1 is 1.18 bits per heavy atom. The van der Waals surface area contributed by atoms with E-state index in [2.05, 4.69) is 22.5 Å². The van der Waals surface area contributed by atoms with Gasteiger partial charge in [-0.3, -0.25) is 14.9 Å². The van der Waals surface area contributed by atoms with Crippen LogP contribution in [0.3, 0.4) is 0 Å². The highest BCUT2D eigenvalue weighted by molar-refractivity contribution is 6.01. The molecule has 0 fully saturated rings. The van der Waals surface area contributed by atoms with Crippen LogP contribution in [0.15, 0.2) is 47.5 Å². The van der Waals surface area contributed by atoms with Crippen LogP contribution in [0.25, 0.3) is 0 Å². The molecule has 33 heavy (non-hydrogen) atoms. The molecule has 1 aromatic carbocycles. The average Bonchev–Trinajstić information content (AvgIpc) is 2.79. The highest BCUT2D eigenvalue weighted by Crippen LogP contribution is 2.19. The quantitative estimate of drug-likeness (QED) is 0.521. The van der Waals surface area contributed by atoms with Crippen molar-refractivity contribution in [1.82, 2.24) is 10.2 Å². The van der Waals surface area contributed by atoms with Crippen LogP contribution in [-0.2, 0) is 25.7 Å². The molecule has 2 amide bonds. The van der Waals surface area contributed by atoms with Crippen LogP contribution < -0.4 is 5.32 Å². The molecule has 8 nitrogen and oxygen atoms in total. The first-order valence-corrected chi connectivity index (χ1v) is 11.2. The highest BCUT2D eigenvalue weighted by atomic mass is 16.6. The minimum atomic E-state index is -2.90. The number of likely N-dealkylation sites (N-methyl/N-ethyl adjacent to an activating group) is 1. The Balaban J connectivity index is 2.29. The highest BCUT2D eigenvalue weighted by Gasteiger charge is 2.24. The van der Waals surface area contributed by atoms with Crippen LogP contribution in [-0.4, -0.2) is 48.0 Å². The Kier molecular flexibility index (Phi) is 8.80. The summed E-state index contributed by atoms with van der Waals surface area (Å²) in [7, 11) is 0. The Morgan fingerprint density at radius 2 is 1.91 bits per heavy atom. The predicted octanol–water partition coefficient (Wildman–Crippen LogP) is 4.35. The number of amides is 2. The molecule has 1 aromatic rings. The Labute approximate surface area is 200 Å². The number of esters is 1. The lowest BCUT2D eigenvalue weighted by atomic mass is 10.0. The number of cyclic esters (lactones) is 1. The molecule has 180 valence electrons. The Bertz CT molecular complexity index is 946. The van der Waals surface area contributed by atoms with Gasteiger partial charge in [-0.25, -0.2) is 4.79 Å². The second kappa shape index (κ2) is 13.4. The molecule has 0 spiro atoms. The molecule has 0 aliphatic carbocycles. The zero-order valence-electron chi connectivity index (χ0n) is 22.3. The van der Waals surface area contributed by atoms with Crippen molar-refractivity contribution in [2.45, 2.75) is 71.0 Å². The van der Waals surface area contributed by atoms with E-state index in [1.807, 2.05) is 6.07 Å². The smallest absolute Gasteiger partial charge is 0.437 e. The van der Waals surface area contributed by atoms with Crippen molar-refractivity contribution in [3.63, 3.8) is 0 Å². The molecule has 0 unspecified atom stereocenters. The summed E-state index contributed by atoms with van der Waals surface area (Å²) in [5, 5.41) is 2.39. The fraction of sp³-hybridized carbons (Fsp3) is 0.520. The topological polar surface area (TPSA) is 97.3 Å². The molecule has 2 rings (SSSR count). The number of guanidine groups is 1. The molecule has 8 heteroatoms. The maximum absolute atomic E-state index is 12.7. The van der Waals surface area contributed by atoms with Crippen molar-refractivity contribution >= 4 is 23.9 Å². The largest absolute Gasteiger partial charge is 0.458 e. The third-order valence-electron chi connectivity index (χ3n) is 4.93. The number of rotatable bonds is 2. The number of aliphatic imine (C=N–C) groups is 1. The van der Waals surface area contributed by atoms with Crippen LogP contribution in [0.4, 0.5) is 4.79 Å². The van der Waals surface area contributed by atoms with Gasteiger partial charge in [-0.05, 0) is 57.9 Å². The molecule has 1 heterocycles. The summed E-state index contributed by atoms with van der Waals surface area (Å²) >= 11 is 0. The van der Waals surface area contributed by atoms with Gasteiger partial charge >= 0.3 is 12.1 Å². The summed E-state index contributed by atoms with van der Waals surface area (Å²) in [5.41, 5.74) is -0.120. The molecule has 0 saturated carbocycles.